The highest BCUT2D eigenvalue weighted by molar-refractivity contribution is 7.86. The lowest BCUT2D eigenvalue weighted by Crippen LogP contribution is -2.57. The number of hydrogen-bond acceptors (Lipinski definition) is 6. The summed E-state index contributed by atoms with van der Waals surface area (Å²) < 4.78 is 49.5. The summed E-state index contributed by atoms with van der Waals surface area (Å²) in [5.41, 5.74) is 0.711. The first kappa shape index (κ1) is 24.1. The van der Waals surface area contributed by atoms with E-state index in [2.05, 4.69) is 16.0 Å². The summed E-state index contributed by atoms with van der Waals surface area (Å²) in [5.74, 6) is -1.14. The minimum absolute atomic E-state index is 0.192. The van der Waals surface area contributed by atoms with Crippen LogP contribution in [0.2, 0.25) is 0 Å². The van der Waals surface area contributed by atoms with Crippen LogP contribution in [0.1, 0.15) is 42.6 Å². The van der Waals surface area contributed by atoms with Gasteiger partial charge < -0.3 is 16.0 Å². The normalized spacial score (nSPS) is 22.7. The fourth-order valence-corrected chi connectivity index (χ4v) is 5.13. The molecule has 3 N–H and O–H groups in total. The molecule has 1 fully saturated rings. The fraction of sp³-hybridized carbons (Fsp3) is 0.391. The van der Waals surface area contributed by atoms with Crippen LogP contribution in [0.15, 0.2) is 41.3 Å². The minimum atomic E-state index is -4.84. The van der Waals surface area contributed by atoms with Gasteiger partial charge in [0.05, 0.1) is 16.3 Å². The highest BCUT2D eigenvalue weighted by atomic mass is 32.3. The Balaban J connectivity index is 1.53. The van der Waals surface area contributed by atoms with E-state index >= 15 is 0 Å². The van der Waals surface area contributed by atoms with Crippen molar-refractivity contribution in [3.05, 3.63) is 53.3 Å². The molecule has 0 bridgehead atoms. The van der Waals surface area contributed by atoms with Gasteiger partial charge in [0.15, 0.2) is 0 Å². The van der Waals surface area contributed by atoms with Crippen molar-refractivity contribution in [3.63, 3.8) is 0 Å². The second-order valence-corrected chi connectivity index (χ2v) is 10.0. The Labute approximate surface area is 196 Å². The van der Waals surface area contributed by atoms with E-state index in [1.165, 1.54) is 24.3 Å². The predicted molar refractivity (Wildman–Crippen MR) is 123 cm³/mol. The average Bonchev–Trinajstić information content (AvgIpc) is 3.05. The molecule has 8 nitrogen and oxygen atoms in total. The van der Waals surface area contributed by atoms with Gasteiger partial charge in [-0.1, -0.05) is 0 Å². The van der Waals surface area contributed by atoms with Crippen molar-refractivity contribution in [2.45, 2.75) is 43.2 Å². The molecule has 0 aliphatic carbocycles. The van der Waals surface area contributed by atoms with Crippen LogP contribution in [-0.4, -0.2) is 50.8 Å². The van der Waals surface area contributed by atoms with Crippen molar-refractivity contribution in [1.29, 1.82) is 0 Å². The molecule has 0 radical (unpaired) electrons. The van der Waals surface area contributed by atoms with Crippen LogP contribution in [0.5, 0.6) is 0 Å². The SMILES string of the molecule is CCNc1cc(F)cc2c1NC(=O)[C@]2(C)N1CCCC(NC(=O)c2ccc(S(=O)(=O)F)cc2)C1. The van der Waals surface area contributed by atoms with Gasteiger partial charge in [-0.25, -0.2) is 4.39 Å². The minimum Gasteiger partial charge on any atom is -0.384 e. The molecule has 11 heteroatoms. The molecule has 0 spiro atoms. The third kappa shape index (κ3) is 4.37. The Hall–Kier alpha value is -3.05. The summed E-state index contributed by atoms with van der Waals surface area (Å²) in [7, 11) is -4.84. The average molecular weight is 493 g/mol. The van der Waals surface area contributed by atoms with Gasteiger partial charge in [0.1, 0.15) is 11.4 Å². The van der Waals surface area contributed by atoms with E-state index in [0.717, 1.165) is 12.1 Å². The number of amides is 2. The molecule has 34 heavy (non-hydrogen) atoms. The Morgan fingerprint density at radius 1 is 1.26 bits per heavy atom. The summed E-state index contributed by atoms with van der Waals surface area (Å²) in [6, 6.07) is 7.00. The van der Waals surface area contributed by atoms with Gasteiger partial charge in [-0.3, -0.25) is 14.5 Å². The molecule has 0 saturated carbocycles. The number of rotatable bonds is 6. The molecule has 1 saturated heterocycles. The Morgan fingerprint density at radius 3 is 2.62 bits per heavy atom. The van der Waals surface area contributed by atoms with Crippen LogP contribution >= 0.6 is 0 Å². The molecule has 2 aromatic carbocycles. The van der Waals surface area contributed by atoms with Crippen LogP contribution in [0.25, 0.3) is 0 Å². The number of likely N-dealkylation sites (tertiary alicyclic amines) is 1. The topological polar surface area (TPSA) is 108 Å². The summed E-state index contributed by atoms with van der Waals surface area (Å²) >= 11 is 0. The number of piperidine rings is 1. The number of carbonyl (C=O) groups excluding carboxylic acids is 2. The zero-order valence-electron chi connectivity index (χ0n) is 18.8. The van der Waals surface area contributed by atoms with E-state index in [4.69, 9.17) is 0 Å². The first-order valence-electron chi connectivity index (χ1n) is 11.0. The van der Waals surface area contributed by atoms with Gasteiger partial charge in [-0.05, 0) is 69.6 Å². The molecule has 182 valence electrons. The molecule has 2 aromatic rings. The molecule has 2 amide bonds. The van der Waals surface area contributed by atoms with E-state index in [0.29, 0.717) is 49.4 Å². The summed E-state index contributed by atoms with van der Waals surface area (Å²) in [6.07, 6.45) is 1.38. The lowest BCUT2D eigenvalue weighted by molar-refractivity contribution is -0.127. The van der Waals surface area contributed by atoms with Crippen LogP contribution in [0.3, 0.4) is 0 Å². The van der Waals surface area contributed by atoms with Crippen molar-refractivity contribution in [3.8, 4) is 0 Å². The van der Waals surface area contributed by atoms with Crippen LogP contribution < -0.4 is 16.0 Å². The van der Waals surface area contributed by atoms with Gasteiger partial charge in [0, 0.05) is 30.3 Å². The maximum absolute atomic E-state index is 14.4. The van der Waals surface area contributed by atoms with Crippen LogP contribution in [-0.2, 0) is 20.6 Å². The molecular formula is C23H26F2N4O4S. The van der Waals surface area contributed by atoms with Crippen molar-refractivity contribution in [2.24, 2.45) is 0 Å². The third-order valence-electron chi connectivity index (χ3n) is 6.46. The van der Waals surface area contributed by atoms with E-state index < -0.39 is 32.4 Å². The van der Waals surface area contributed by atoms with Crippen molar-refractivity contribution in [2.75, 3.05) is 30.3 Å². The second-order valence-electron chi connectivity index (χ2n) is 8.65. The number of carbonyl (C=O) groups is 2. The Bertz CT molecular complexity index is 1240. The largest absolute Gasteiger partial charge is 0.384 e. The first-order chi connectivity index (χ1) is 16.0. The van der Waals surface area contributed by atoms with Gasteiger partial charge >= 0.3 is 10.2 Å². The first-order valence-corrected chi connectivity index (χ1v) is 12.4. The van der Waals surface area contributed by atoms with Gasteiger partial charge in [-0.2, -0.15) is 8.42 Å². The van der Waals surface area contributed by atoms with Crippen molar-refractivity contribution in [1.82, 2.24) is 10.2 Å². The molecule has 2 aliphatic rings. The van der Waals surface area contributed by atoms with Crippen LogP contribution in [0, 0.1) is 5.82 Å². The number of nitrogens with one attached hydrogen (secondary N) is 3. The molecule has 1 unspecified atom stereocenters. The Kier molecular flexibility index (Phi) is 6.34. The van der Waals surface area contributed by atoms with Crippen molar-refractivity contribution < 1.29 is 26.3 Å². The number of nitrogens with zero attached hydrogens (tertiary/aromatic N) is 1. The highest BCUT2D eigenvalue weighted by Gasteiger charge is 2.49. The van der Waals surface area contributed by atoms with Gasteiger partial charge in [0.25, 0.3) is 5.91 Å². The van der Waals surface area contributed by atoms with E-state index in [9.17, 15) is 26.3 Å². The molecule has 2 heterocycles. The maximum atomic E-state index is 14.4. The molecule has 2 aliphatic heterocycles. The van der Waals surface area contributed by atoms with Gasteiger partial charge in [-0.15, -0.1) is 3.89 Å². The third-order valence-corrected chi connectivity index (χ3v) is 7.30. The zero-order chi connectivity index (χ0) is 24.7. The lowest BCUT2D eigenvalue weighted by atomic mass is 9.88. The molecular weight excluding hydrogens is 466 g/mol. The monoisotopic (exact) mass is 492 g/mol. The number of hydrogen-bond donors (Lipinski definition) is 3. The summed E-state index contributed by atoms with van der Waals surface area (Å²) in [5, 5.41) is 8.88. The predicted octanol–water partition coefficient (Wildman–Crippen LogP) is 2.98. The molecule has 2 atom stereocenters. The van der Waals surface area contributed by atoms with E-state index in [1.54, 1.807) is 6.92 Å². The standard InChI is InChI=1S/C23H26F2N4O4S/c1-3-26-19-12-15(24)11-18-20(19)28-22(31)23(18,2)29-10-4-5-16(13-29)27-21(30)14-6-8-17(9-7-14)34(25,32)33/h6-9,11-12,16,26H,3-5,10,13H2,1-2H3,(H,27,30)(H,28,31)/t16?,23-/m1/s1. The summed E-state index contributed by atoms with van der Waals surface area (Å²) in [4.78, 5) is 27.2. The van der Waals surface area contributed by atoms with E-state index in [-0.39, 0.29) is 17.5 Å². The van der Waals surface area contributed by atoms with Crippen molar-refractivity contribution >= 4 is 33.4 Å². The quantitative estimate of drug-likeness (QED) is 0.536. The number of anilines is 2. The Morgan fingerprint density at radius 2 is 1.97 bits per heavy atom. The molecule has 0 aromatic heterocycles. The highest BCUT2D eigenvalue weighted by Crippen LogP contribution is 2.45. The number of halogens is 2. The van der Waals surface area contributed by atoms with Gasteiger partial charge in [0.2, 0.25) is 5.91 Å². The molecule has 4 rings (SSSR count). The summed E-state index contributed by atoms with van der Waals surface area (Å²) in [6.45, 7) is 5.16. The number of fused-ring (bicyclic) bond motifs is 1. The maximum Gasteiger partial charge on any atom is 0.332 e. The second kappa shape index (κ2) is 8.95. The van der Waals surface area contributed by atoms with E-state index in [1.807, 2.05) is 11.8 Å². The van der Waals surface area contributed by atoms with Crippen LogP contribution in [0.4, 0.5) is 19.7 Å². The lowest BCUT2D eigenvalue weighted by Gasteiger charge is -2.42. The smallest absolute Gasteiger partial charge is 0.332 e. The zero-order valence-corrected chi connectivity index (χ0v) is 19.6. The fourth-order valence-electron chi connectivity index (χ4n) is 4.67. The number of benzene rings is 2.